The lowest BCUT2D eigenvalue weighted by Gasteiger charge is -2.08. The van der Waals surface area contributed by atoms with Crippen molar-refractivity contribution < 1.29 is 0 Å². The zero-order chi connectivity index (χ0) is 9.64. The van der Waals surface area contributed by atoms with Crippen molar-refractivity contribution >= 4 is 17.6 Å². The molecule has 0 saturated carbocycles. The third-order valence-electron chi connectivity index (χ3n) is 2.02. The molecule has 0 atom stereocenters. The zero-order valence-corrected chi connectivity index (χ0v) is 8.76. The van der Waals surface area contributed by atoms with Gasteiger partial charge >= 0.3 is 0 Å². The number of nitrogens with one attached hydrogen (secondary N) is 1. The third kappa shape index (κ3) is 2.67. The summed E-state index contributed by atoms with van der Waals surface area (Å²) in [6.45, 7) is 0. The molecule has 1 aromatic rings. The topological polar surface area (TPSA) is 12.0 Å². The number of rotatable bonds is 3. The van der Waals surface area contributed by atoms with Crippen molar-refractivity contribution in [3.63, 3.8) is 0 Å². The lowest BCUT2D eigenvalue weighted by Crippen LogP contribution is -1.88. The van der Waals surface area contributed by atoms with Crippen molar-refractivity contribution in [1.29, 1.82) is 0 Å². The molecule has 0 heterocycles. The SMILES string of the molecule is C1=CC(SNc2ccccc2)=CCC1. The van der Waals surface area contributed by atoms with E-state index in [1.54, 1.807) is 11.9 Å². The van der Waals surface area contributed by atoms with Gasteiger partial charge in [-0.1, -0.05) is 36.4 Å². The van der Waals surface area contributed by atoms with E-state index in [2.05, 4.69) is 35.1 Å². The highest BCUT2D eigenvalue weighted by Gasteiger charge is 1.97. The molecule has 0 aromatic heterocycles. The summed E-state index contributed by atoms with van der Waals surface area (Å²) in [6, 6.07) is 10.2. The van der Waals surface area contributed by atoms with Gasteiger partial charge in [-0.2, -0.15) is 0 Å². The minimum atomic E-state index is 1.15. The van der Waals surface area contributed by atoms with Gasteiger partial charge in [-0.05, 0) is 36.9 Å². The van der Waals surface area contributed by atoms with Crippen LogP contribution in [0, 0.1) is 0 Å². The molecule has 0 aliphatic heterocycles. The van der Waals surface area contributed by atoms with Crippen LogP contribution in [0.25, 0.3) is 0 Å². The zero-order valence-electron chi connectivity index (χ0n) is 7.94. The standard InChI is InChI=1S/C12H13NS/c1-3-7-11(8-4-1)13-14-12-9-5-2-6-10-12/h1,3-5,7-10,13H,2,6H2. The first-order chi connectivity index (χ1) is 6.95. The highest BCUT2D eigenvalue weighted by Crippen LogP contribution is 2.23. The normalized spacial score (nSPS) is 15.0. The molecule has 1 aromatic carbocycles. The van der Waals surface area contributed by atoms with Crippen LogP contribution in [0.4, 0.5) is 5.69 Å². The van der Waals surface area contributed by atoms with Crippen LogP contribution in [-0.2, 0) is 0 Å². The first-order valence-electron chi connectivity index (χ1n) is 4.80. The van der Waals surface area contributed by atoms with Gasteiger partial charge in [0.05, 0.1) is 0 Å². The molecule has 0 amide bonds. The van der Waals surface area contributed by atoms with E-state index >= 15 is 0 Å². The Morgan fingerprint density at radius 1 is 1.07 bits per heavy atom. The van der Waals surface area contributed by atoms with E-state index in [0.29, 0.717) is 0 Å². The Morgan fingerprint density at radius 3 is 2.64 bits per heavy atom. The summed E-state index contributed by atoms with van der Waals surface area (Å²) < 4.78 is 3.31. The molecule has 72 valence electrons. The van der Waals surface area contributed by atoms with Crippen molar-refractivity contribution in [2.24, 2.45) is 0 Å². The molecule has 14 heavy (non-hydrogen) atoms. The van der Waals surface area contributed by atoms with Gasteiger partial charge in [-0.15, -0.1) is 0 Å². The van der Waals surface area contributed by atoms with Crippen molar-refractivity contribution in [1.82, 2.24) is 0 Å². The lowest BCUT2D eigenvalue weighted by molar-refractivity contribution is 1.03. The fourth-order valence-corrected chi connectivity index (χ4v) is 2.03. The van der Waals surface area contributed by atoms with Gasteiger partial charge in [0.2, 0.25) is 0 Å². The largest absolute Gasteiger partial charge is 0.326 e. The molecule has 0 unspecified atom stereocenters. The second-order valence-corrected chi connectivity index (χ2v) is 4.04. The highest BCUT2D eigenvalue weighted by atomic mass is 32.2. The number of hydrogen-bond acceptors (Lipinski definition) is 2. The Morgan fingerprint density at radius 2 is 1.93 bits per heavy atom. The maximum Gasteiger partial charge on any atom is 0.0443 e. The van der Waals surface area contributed by atoms with E-state index in [0.717, 1.165) is 12.1 Å². The van der Waals surface area contributed by atoms with Crippen molar-refractivity contribution in [3.05, 3.63) is 53.5 Å². The van der Waals surface area contributed by atoms with Crippen LogP contribution in [0.3, 0.4) is 0 Å². The molecule has 2 rings (SSSR count). The average molecular weight is 203 g/mol. The predicted molar refractivity (Wildman–Crippen MR) is 64.1 cm³/mol. The van der Waals surface area contributed by atoms with Gasteiger partial charge in [0.25, 0.3) is 0 Å². The van der Waals surface area contributed by atoms with Crippen molar-refractivity contribution in [2.45, 2.75) is 12.8 Å². The maximum absolute atomic E-state index is 3.31. The van der Waals surface area contributed by atoms with E-state index in [1.165, 1.54) is 11.3 Å². The number of allylic oxidation sites excluding steroid dienone is 3. The third-order valence-corrected chi connectivity index (χ3v) is 2.90. The molecular formula is C12H13NS. The number of para-hydroxylation sites is 1. The van der Waals surface area contributed by atoms with E-state index in [1.807, 2.05) is 18.2 Å². The smallest absolute Gasteiger partial charge is 0.0443 e. The molecule has 0 saturated heterocycles. The summed E-state index contributed by atoms with van der Waals surface area (Å²) in [7, 11) is 0. The van der Waals surface area contributed by atoms with Crippen LogP contribution in [0.5, 0.6) is 0 Å². The van der Waals surface area contributed by atoms with Crippen LogP contribution in [-0.4, -0.2) is 0 Å². The fourth-order valence-electron chi connectivity index (χ4n) is 1.29. The fraction of sp³-hybridized carbons (Fsp3) is 0.167. The highest BCUT2D eigenvalue weighted by molar-refractivity contribution is 8.04. The Labute approximate surface area is 89.0 Å². The van der Waals surface area contributed by atoms with Gasteiger partial charge in [-0.3, -0.25) is 0 Å². The van der Waals surface area contributed by atoms with E-state index in [9.17, 15) is 0 Å². The molecule has 2 heteroatoms. The summed E-state index contributed by atoms with van der Waals surface area (Å²) in [5.74, 6) is 0. The monoisotopic (exact) mass is 203 g/mol. The van der Waals surface area contributed by atoms with Gasteiger partial charge in [-0.25, -0.2) is 0 Å². The Kier molecular flexibility index (Phi) is 3.30. The molecule has 0 bridgehead atoms. The van der Waals surface area contributed by atoms with Crippen LogP contribution in [0.15, 0.2) is 53.5 Å². The van der Waals surface area contributed by atoms with E-state index < -0.39 is 0 Å². The minimum Gasteiger partial charge on any atom is -0.326 e. The molecule has 1 N–H and O–H groups in total. The van der Waals surface area contributed by atoms with Crippen LogP contribution < -0.4 is 4.72 Å². The first kappa shape index (κ1) is 9.41. The number of anilines is 1. The van der Waals surface area contributed by atoms with E-state index in [-0.39, 0.29) is 0 Å². The molecular weight excluding hydrogens is 190 g/mol. The summed E-state index contributed by atoms with van der Waals surface area (Å²) in [5, 5.41) is 0. The summed E-state index contributed by atoms with van der Waals surface area (Å²) >= 11 is 1.67. The van der Waals surface area contributed by atoms with Gasteiger partial charge in [0, 0.05) is 10.6 Å². The molecule has 1 aliphatic rings. The second-order valence-electron chi connectivity index (χ2n) is 3.16. The Balaban J connectivity index is 1.88. The Hall–Kier alpha value is -1.15. The quantitative estimate of drug-likeness (QED) is 0.746. The number of benzene rings is 1. The van der Waals surface area contributed by atoms with Crippen LogP contribution in [0.2, 0.25) is 0 Å². The molecule has 1 aliphatic carbocycles. The van der Waals surface area contributed by atoms with Crippen molar-refractivity contribution in [2.75, 3.05) is 4.72 Å². The summed E-state index contributed by atoms with van der Waals surface area (Å²) in [4.78, 5) is 1.31. The Bertz CT molecular complexity index is 341. The van der Waals surface area contributed by atoms with Gasteiger partial charge in [0.15, 0.2) is 0 Å². The van der Waals surface area contributed by atoms with Crippen LogP contribution >= 0.6 is 11.9 Å². The maximum atomic E-state index is 3.31. The minimum absolute atomic E-state index is 1.15. The summed E-state index contributed by atoms with van der Waals surface area (Å²) in [5.41, 5.74) is 1.15. The van der Waals surface area contributed by atoms with Crippen molar-refractivity contribution in [3.8, 4) is 0 Å². The molecule has 1 nitrogen and oxygen atoms in total. The molecule has 0 spiro atoms. The van der Waals surface area contributed by atoms with Gasteiger partial charge in [0.1, 0.15) is 0 Å². The average Bonchev–Trinajstić information content (AvgIpc) is 2.29. The van der Waals surface area contributed by atoms with Gasteiger partial charge < -0.3 is 4.72 Å². The molecule has 0 fully saturated rings. The number of hydrogen-bond donors (Lipinski definition) is 1. The first-order valence-corrected chi connectivity index (χ1v) is 5.61. The van der Waals surface area contributed by atoms with Crippen LogP contribution in [0.1, 0.15) is 12.8 Å². The lowest BCUT2D eigenvalue weighted by atomic mass is 10.2. The molecule has 0 radical (unpaired) electrons. The van der Waals surface area contributed by atoms with E-state index in [4.69, 9.17) is 0 Å². The second kappa shape index (κ2) is 4.91. The predicted octanol–water partition coefficient (Wildman–Crippen LogP) is 3.98. The summed E-state index contributed by atoms with van der Waals surface area (Å²) in [6.07, 6.45) is 8.99.